The number of likely N-dealkylation sites (N-methyl/N-ethyl adjacent to an activating group) is 2. The van der Waals surface area contributed by atoms with Gasteiger partial charge in [-0.2, -0.15) is 0 Å². The first-order valence-corrected chi connectivity index (χ1v) is 16.1. The van der Waals surface area contributed by atoms with Gasteiger partial charge in [0, 0.05) is 39.8 Å². The van der Waals surface area contributed by atoms with E-state index in [0.717, 1.165) is 36.8 Å². The summed E-state index contributed by atoms with van der Waals surface area (Å²) in [6, 6.07) is 9.01. The molecule has 0 aliphatic heterocycles. The molecule has 254 valence electrons. The Balaban J connectivity index is 1.33. The third-order valence-corrected chi connectivity index (χ3v) is 8.24. The van der Waals surface area contributed by atoms with Crippen LogP contribution in [-0.2, 0) is 16.0 Å². The van der Waals surface area contributed by atoms with Gasteiger partial charge in [-0.3, -0.25) is 0 Å². The van der Waals surface area contributed by atoms with Gasteiger partial charge in [-0.25, -0.2) is 19.2 Å². The Hall–Kier alpha value is -4.22. The van der Waals surface area contributed by atoms with Crippen LogP contribution >= 0.6 is 0 Å². The van der Waals surface area contributed by atoms with Gasteiger partial charge in [-0.1, -0.05) is 69.3 Å². The fourth-order valence-electron chi connectivity index (χ4n) is 6.19. The summed E-state index contributed by atoms with van der Waals surface area (Å²) in [5.74, 6) is 0. The van der Waals surface area contributed by atoms with Gasteiger partial charge in [0.15, 0.2) is 0 Å². The van der Waals surface area contributed by atoms with Gasteiger partial charge in [0.2, 0.25) is 0 Å². The van der Waals surface area contributed by atoms with Crippen molar-refractivity contribution < 1.29 is 28.7 Å². The van der Waals surface area contributed by atoms with Crippen LogP contribution in [0.25, 0.3) is 0 Å². The molecule has 0 spiro atoms. The van der Waals surface area contributed by atoms with Crippen molar-refractivity contribution >= 4 is 24.2 Å². The van der Waals surface area contributed by atoms with Crippen LogP contribution in [0.5, 0.6) is 0 Å². The topological polar surface area (TPSA) is 141 Å². The predicted molar refractivity (Wildman–Crippen MR) is 177 cm³/mol. The van der Waals surface area contributed by atoms with E-state index in [9.17, 15) is 19.2 Å². The zero-order valence-corrected chi connectivity index (χ0v) is 28.0. The second kappa shape index (κ2) is 17.5. The quantitative estimate of drug-likeness (QED) is 0.245. The van der Waals surface area contributed by atoms with E-state index in [1.54, 1.807) is 14.1 Å². The first-order valence-electron chi connectivity index (χ1n) is 16.1. The molecule has 2 atom stereocenters. The number of alkyl carbamates (subject to hydrolysis) is 2. The molecule has 1 saturated carbocycles. The maximum absolute atomic E-state index is 12.6. The molecule has 0 bridgehead atoms. The highest BCUT2D eigenvalue weighted by Gasteiger charge is 2.42. The SMILES string of the molecule is CN(CCOC(=O)NC1CC(C)(C)CC(C)(CNC(=O)OCCN(C)C(=O)NCc2ccccc2)C1)C(=O)NCC1=CCCC=C1. The Morgan fingerprint density at radius 3 is 2.09 bits per heavy atom. The molecule has 4 N–H and O–H groups in total. The van der Waals surface area contributed by atoms with Crippen LogP contribution in [0.3, 0.4) is 0 Å². The van der Waals surface area contributed by atoms with Crippen LogP contribution in [-0.4, -0.2) is 93.6 Å². The number of allylic oxidation sites excluding steroid dienone is 2. The van der Waals surface area contributed by atoms with Crippen molar-refractivity contribution in [3.8, 4) is 0 Å². The standard InChI is InChI=1S/C34H52N6O6/c1-33(2)20-28(38-32(44)46-19-17-40(5)30(42)36-23-27-14-10-7-11-15-27)21-34(3,24-33)25-37-31(43)45-18-16-39(4)29(41)35-22-26-12-8-6-9-13-26/h6,8-10,12-15,28H,7,11,16-25H2,1-5H3,(H,35,41)(H,36,42)(H,37,43)(H,38,44). The number of amides is 6. The maximum atomic E-state index is 12.6. The molecular weight excluding hydrogens is 588 g/mol. The van der Waals surface area contributed by atoms with Crippen molar-refractivity contribution in [2.45, 2.75) is 65.5 Å². The van der Waals surface area contributed by atoms with Crippen molar-refractivity contribution in [2.24, 2.45) is 10.8 Å². The number of carbonyl (C=O) groups is 4. The third-order valence-electron chi connectivity index (χ3n) is 8.24. The average Bonchev–Trinajstić information content (AvgIpc) is 3.01. The largest absolute Gasteiger partial charge is 0.448 e. The van der Waals surface area contributed by atoms with Crippen LogP contribution in [0.15, 0.2) is 54.1 Å². The number of urea groups is 2. The lowest BCUT2D eigenvalue weighted by molar-refractivity contribution is 0.0613. The number of nitrogens with zero attached hydrogens (tertiary/aromatic N) is 2. The molecule has 3 rings (SSSR count). The Morgan fingerprint density at radius 2 is 1.46 bits per heavy atom. The maximum Gasteiger partial charge on any atom is 0.407 e. The molecule has 0 saturated heterocycles. The second-order valence-corrected chi connectivity index (χ2v) is 13.4. The zero-order valence-electron chi connectivity index (χ0n) is 28.0. The van der Waals surface area contributed by atoms with Crippen molar-refractivity contribution in [1.82, 2.24) is 31.1 Å². The molecule has 2 aliphatic rings. The molecule has 46 heavy (non-hydrogen) atoms. The molecule has 6 amide bonds. The van der Waals surface area contributed by atoms with E-state index in [1.165, 1.54) is 9.80 Å². The molecule has 0 radical (unpaired) electrons. The summed E-state index contributed by atoms with van der Waals surface area (Å²) in [4.78, 5) is 52.7. The second-order valence-electron chi connectivity index (χ2n) is 13.4. The molecule has 2 unspecified atom stereocenters. The minimum absolute atomic E-state index is 0.0611. The predicted octanol–water partition coefficient (Wildman–Crippen LogP) is 4.78. The van der Waals surface area contributed by atoms with Crippen molar-refractivity contribution in [3.05, 3.63) is 59.7 Å². The van der Waals surface area contributed by atoms with Gasteiger partial charge < -0.3 is 40.5 Å². The highest BCUT2D eigenvalue weighted by Crippen LogP contribution is 2.45. The molecule has 12 heteroatoms. The summed E-state index contributed by atoms with van der Waals surface area (Å²) in [5.41, 5.74) is 1.73. The lowest BCUT2D eigenvalue weighted by Gasteiger charge is -2.46. The number of benzene rings is 1. The Bertz CT molecular complexity index is 1240. The summed E-state index contributed by atoms with van der Waals surface area (Å²) in [7, 11) is 3.31. The first-order chi connectivity index (χ1) is 21.8. The lowest BCUT2D eigenvalue weighted by Crippen LogP contribution is -2.50. The van der Waals surface area contributed by atoms with E-state index in [4.69, 9.17) is 9.47 Å². The number of ether oxygens (including phenoxy) is 2. The van der Waals surface area contributed by atoms with Crippen LogP contribution < -0.4 is 21.3 Å². The summed E-state index contributed by atoms with van der Waals surface area (Å²) in [5, 5.41) is 11.6. The first kappa shape index (κ1) is 36.3. The number of rotatable bonds is 13. The van der Waals surface area contributed by atoms with Crippen LogP contribution in [0.1, 0.15) is 58.4 Å². The van der Waals surface area contributed by atoms with Crippen molar-refractivity contribution in [2.75, 3.05) is 53.5 Å². The summed E-state index contributed by atoms with van der Waals surface area (Å²) in [6.45, 7) is 8.30. The zero-order chi connectivity index (χ0) is 33.6. The normalized spacial score (nSPS) is 20.0. The Morgan fingerprint density at radius 1 is 0.826 bits per heavy atom. The van der Waals surface area contributed by atoms with Gasteiger partial charge in [-0.15, -0.1) is 0 Å². The fourth-order valence-corrected chi connectivity index (χ4v) is 6.19. The number of carbonyl (C=O) groups excluding carboxylic acids is 4. The molecule has 1 aromatic rings. The highest BCUT2D eigenvalue weighted by molar-refractivity contribution is 5.74. The van der Waals surface area contributed by atoms with Gasteiger partial charge in [-0.05, 0) is 54.1 Å². The van der Waals surface area contributed by atoms with Gasteiger partial charge in [0.25, 0.3) is 0 Å². The highest BCUT2D eigenvalue weighted by atomic mass is 16.6. The average molecular weight is 641 g/mol. The molecule has 0 heterocycles. The Kier molecular flexibility index (Phi) is 13.8. The molecular formula is C34H52N6O6. The molecule has 1 fully saturated rings. The van der Waals surface area contributed by atoms with E-state index in [-0.39, 0.29) is 55.2 Å². The van der Waals surface area contributed by atoms with Crippen LogP contribution in [0.4, 0.5) is 19.2 Å². The monoisotopic (exact) mass is 640 g/mol. The summed E-state index contributed by atoms with van der Waals surface area (Å²) in [6.07, 6.45) is 9.45. The third kappa shape index (κ3) is 13.0. The number of hydrogen-bond donors (Lipinski definition) is 4. The smallest absolute Gasteiger partial charge is 0.407 e. The van der Waals surface area contributed by atoms with Gasteiger partial charge in [0.1, 0.15) is 13.2 Å². The minimum Gasteiger partial charge on any atom is -0.448 e. The van der Waals surface area contributed by atoms with E-state index in [0.29, 0.717) is 26.1 Å². The molecule has 0 aromatic heterocycles. The van der Waals surface area contributed by atoms with E-state index < -0.39 is 12.2 Å². The van der Waals surface area contributed by atoms with Gasteiger partial charge >= 0.3 is 24.2 Å². The van der Waals surface area contributed by atoms with Crippen LogP contribution in [0.2, 0.25) is 0 Å². The summed E-state index contributed by atoms with van der Waals surface area (Å²) >= 11 is 0. The molecule has 12 nitrogen and oxygen atoms in total. The molecule has 2 aliphatic carbocycles. The minimum atomic E-state index is -0.549. The van der Waals surface area contributed by atoms with E-state index in [2.05, 4.69) is 54.2 Å². The lowest BCUT2D eigenvalue weighted by atomic mass is 9.62. The number of hydrogen-bond acceptors (Lipinski definition) is 6. The molecule has 1 aromatic carbocycles. The fraction of sp³-hybridized carbons (Fsp3) is 0.588. The van der Waals surface area contributed by atoms with E-state index >= 15 is 0 Å². The van der Waals surface area contributed by atoms with E-state index in [1.807, 2.05) is 36.4 Å². The van der Waals surface area contributed by atoms with Crippen molar-refractivity contribution in [3.63, 3.8) is 0 Å². The van der Waals surface area contributed by atoms with Crippen molar-refractivity contribution in [1.29, 1.82) is 0 Å². The Labute approximate surface area is 273 Å². The van der Waals surface area contributed by atoms with Crippen LogP contribution in [0, 0.1) is 10.8 Å². The summed E-state index contributed by atoms with van der Waals surface area (Å²) < 4.78 is 10.7. The van der Waals surface area contributed by atoms with Gasteiger partial charge in [0.05, 0.1) is 13.1 Å². The number of nitrogens with one attached hydrogen (secondary N) is 4.